The lowest BCUT2D eigenvalue weighted by Gasteiger charge is -2.46. The van der Waals surface area contributed by atoms with Crippen LogP contribution in [0.2, 0.25) is 0 Å². The van der Waals surface area contributed by atoms with E-state index in [-0.39, 0.29) is 0 Å². The standard InChI is InChI=1S/C15H30N2/c1-4-15(3)12-17(11-10-16-15)13(2)14-8-6-5-7-9-14/h13-14,16H,4-12H2,1-3H3. The predicted molar refractivity (Wildman–Crippen MR) is 74.3 cm³/mol. The highest BCUT2D eigenvalue weighted by atomic mass is 15.2. The highest BCUT2D eigenvalue weighted by Crippen LogP contribution is 2.30. The first-order valence-electron chi connectivity index (χ1n) is 7.64. The summed E-state index contributed by atoms with van der Waals surface area (Å²) in [6.07, 6.45) is 8.57. The second-order valence-electron chi connectivity index (χ2n) is 6.45. The van der Waals surface area contributed by atoms with Crippen LogP contribution < -0.4 is 5.32 Å². The first kappa shape index (κ1) is 13.4. The van der Waals surface area contributed by atoms with Crippen molar-refractivity contribution in [3.8, 4) is 0 Å². The summed E-state index contributed by atoms with van der Waals surface area (Å²) < 4.78 is 0. The number of hydrogen-bond acceptors (Lipinski definition) is 2. The molecule has 0 bridgehead atoms. The summed E-state index contributed by atoms with van der Waals surface area (Å²) in [5.41, 5.74) is 0.348. The largest absolute Gasteiger partial charge is 0.309 e. The second kappa shape index (κ2) is 5.71. The minimum absolute atomic E-state index is 0.348. The molecule has 2 fully saturated rings. The normalized spacial score (nSPS) is 34.8. The van der Waals surface area contributed by atoms with E-state index in [2.05, 4.69) is 31.0 Å². The fourth-order valence-electron chi connectivity index (χ4n) is 3.58. The third kappa shape index (κ3) is 3.23. The number of rotatable bonds is 3. The zero-order valence-electron chi connectivity index (χ0n) is 12.0. The molecule has 0 aromatic rings. The molecule has 0 spiro atoms. The van der Waals surface area contributed by atoms with Crippen molar-refractivity contribution in [1.82, 2.24) is 10.2 Å². The number of nitrogens with zero attached hydrogens (tertiary/aromatic N) is 1. The Morgan fingerprint density at radius 1 is 1.29 bits per heavy atom. The second-order valence-corrected chi connectivity index (χ2v) is 6.45. The summed E-state index contributed by atoms with van der Waals surface area (Å²) in [6.45, 7) is 10.8. The molecule has 0 radical (unpaired) electrons. The molecule has 0 amide bonds. The smallest absolute Gasteiger partial charge is 0.0278 e. The number of hydrogen-bond donors (Lipinski definition) is 1. The van der Waals surface area contributed by atoms with E-state index in [0.717, 1.165) is 12.0 Å². The lowest BCUT2D eigenvalue weighted by Crippen LogP contribution is -2.61. The minimum atomic E-state index is 0.348. The molecule has 0 aromatic carbocycles. The molecule has 17 heavy (non-hydrogen) atoms. The summed E-state index contributed by atoms with van der Waals surface area (Å²) in [5.74, 6) is 0.961. The molecule has 1 saturated carbocycles. The zero-order valence-corrected chi connectivity index (χ0v) is 12.0. The van der Waals surface area contributed by atoms with Gasteiger partial charge in [-0.25, -0.2) is 0 Å². The van der Waals surface area contributed by atoms with E-state index in [4.69, 9.17) is 0 Å². The Bertz CT molecular complexity index is 235. The van der Waals surface area contributed by atoms with Gasteiger partial charge < -0.3 is 5.32 Å². The van der Waals surface area contributed by atoms with Crippen LogP contribution in [0.1, 0.15) is 59.3 Å². The topological polar surface area (TPSA) is 15.3 Å². The van der Waals surface area contributed by atoms with Gasteiger partial charge in [0.1, 0.15) is 0 Å². The van der Waals surface area contributed by atoms with E-state index >= 15 is 0 Å². The van der Waals surface area contributed by atoms with E-state index in [0.29, 0.717) is 5.54 Å². The van der Waals surface area contributed by atoms with Crippen LogP contribution in [-0.2, 0) is 0 Å². The van der Waals surface area contributed by atoms with Gasteiger partial charge in [-0.05, 0) is 39.0 Å². The maximum absolute atomic E-state index is 3.69. The van der Waals surface area contributed by atoms with Crippen molar-refractivity contribution in [2.45, 2.75) is 70.9 Å². The van der Waals surface area contributed by atoms with Crippen LogP contribution in [-0.4, -0.2) is 36.1 Å². The molecule has 0 aromatic heterocycles. The Balaban J connectivity index is 1.91. The number of nitrogens with one attached hydrogen (secondary N) is 1. The van der Waals surface area contributed by atoms with Gasteiger partial charge >= 0.3 is 0 Å². The zero-order chi connectivity index (χ0) is 12.3. The first-order valence-corrected chi connectivity index (χ1v) is 7.64. The Morgan fingerprint density at radius 3 is 2.65 bits per heavy atom. The van der Waals surface area contributed by atoms with E-state index in [1.807, 2.05) is 0 Å². The molecule has 1 N–H and O–H groups in total. The van der Waals surface area contributed by atoms with Crippen molar-refractivity contribution in [1.29, 1.82) is 0 Å². The summed E-state index contributed by atoms with van der Waals surface area (Å²) >= 11 is 0. The van der Waals surface area contributed by atoms with Crippen molar-refractivity contribution in [3.05, 3.63) is 0 Å². The van der Waals surface area contributed by atoms with Crippen LogP contribution in [0.5, 0.6) is 0 Å². The Hall–Kier alpha value is -0.0800. The maximum Gasteiger partial charge on any atom is 0.0278 e. The molecule has 2 unspecified atom stereocenters. The molecule has 1 aliphatic heterocycles. The Kier molecular flexibility index (Phi) is 4.48. The maximum atomic E-state index is 3.69. The van der Waals surface area contributed by atoms with Gasteiger partial charge in [-0.2, -0.15) is 0 Å². The van der Waals surface area contributed by atoms with E-state index in [1.54, 1.807) is 0 Å². The van der Waals surface area contributed by atoms with Crippen LogP contribution in [0.25, 0.3) is 0 Å². The molecule has 1 saturated heterocycles. The molecule has 100 valence electrons. The Morgan fingerprint density at radius 2 is 2.00 bits per heavy atom. The van der Waals surface area contributed by atoms with E-state index < -0.39 is 0 Å². The highest BCUT2D eigenvalue weighted by molar-refractivity contribution is 4.92. The quantitative estimate of drug-likeness (QED) is 0.813. The van der Waals surface area contributed by atoms with Gasteiger partial charge in [0.25, 0.3) is 0 Å². The molecule has 2 heteroatoms. The van der Waals surface area contributed by atoms with Crippen molar-refractivity contribution in [2.75, 3.05) is 19.6 Å². The van der Waals surface area contributed by atoms with Gasteiger partial charge in [-0.1, -0.05) is 26.2 Å². The average Bonchev–Trinajstić information content (AvgIpc) is 2.39. The fourth-order valence-corrected chi connectivity index (χ4v) is 3.58. The molecule has 1 aliphatic carbocycles. The lowest BCUT2D eigenvalue weighted by atomic mass is 9.83. The van der Waals surface area contributed by atoms with Crippen LogP contribution in [0.3, 0.4) is 0 Å². The van der Waals surface area contributed by atoms with Gasteiger partial charge in [0.15, 0.2) is 0 Å². The first-order chi connectivity index (χ1) is 8.14. The van der Waals surface area contributed by atoms with E-state index in [9.17, 15) is 0 Å². The molecular weight excluding hydrogens is 208 g/mol. The summed E-state index contributed by atoms with van der Waals surface area (Å²) in [6, 6.07) is 0.795. The van der Waals surface area contributed by atoms with E-state index in [1.165, 1.54) is 58.2 Å². The van der Waals surface area contributed by atoms with Gasteiger partial charge in [-0.15, -0.1) is 0 Å². The van der Waals surface area contributed by atoms with Gasteiger partial charge in [0.05, 0.1) is 0 Å². The molecular formula is C15H30N2. The average molecular weight is 238 g/mol. The summed E-state index contributed by atoms with van der Waals surface area (Å²) in [5, 5.41) is 3.69. The third-order valence-electron chi connectivity index (χ3n) is 5.19. The van der Waals surface area contributed by atoms with Gasteiger partial charge in [0.2, 0.25) is 0 Å². The SMILES string of the molecule is CCC1(C)CN(C(C)C2CCCCC2)CCN1. The number of piperazine rings is 1. The monoisotopic (exact) mass is 238 g/mol. The van der Waals surface area contributed by atoms with Crippen molar-refractivity contribution >= 4 is 0 Å². The molecule has 1 heterocycles. The summed E-state index contributed by atoms with van der Waals surface area (Å²) in [7, 11) is 0. The molecule has 2 atom stereocenters. The van der Waals surface area contributed by atoms with Gasteiger partial charge in [0, 0.05) is 31.2 Å². The lowest BCUT2D eigenvalue weighted by molar-refractivity contribution is 0.0657. The Labute approximate surface area is 107 Å². The minimum Gasteiger partial charge on any atom is -0.309 e. The van der Waals surface area contributed by atoms with Crippen LogP contribution >= 0.6 is 0 Å². The fraction of sp³-hybridized carbons (Fsp3) is 1.00. The highest BCUT2D eigenvalue weighted by Gasteiger charge is 2.33. The van der Waals surface area contributed by atoms with Crippen molar-refractivity contribution < 1.29 is 0 Å². The molecule has 2 aliphatic rings. The molecule has 2 rings (SSSR count). The van der Waals surface area contributed by atoms with Gasteiger partial charge in [-0.3, -0.25) is 4.90 Å². The van der Waals surface area contributed by atoms with Crippen LogP contribution in [0.4, 0.5) is 0 Å². The van der Waals surface area contributed by atoms with Crippen molar-refractivity contribution in [2.24, 2.45) is 5.92 Å². The molecule has 2 nitrogen and oxygen atoms in total. The predicted octanol–water partition coefficient (Wildman–Crippen LogP) is 3.03. The van der Waals surface area contributed by atoms with Crippen LogP contribution in [0, 0.1) is 5.92 Å². The summed E-state index contributed by atoms with van der Waals surface area (Å²) in [4.78, 5) is 2.75. The van der Waals surface area contributed by atoms with Crippen LogP contribution in [0.15, 0.2) is 0 Å². The third-order valence-corrected chi connectivity index (χ3v) is 5.19. The van der Waals surface area contributed by atoms with Crippen molar-refractivity contribution in [3.63, 3.8) is 0 Å².